The fourth-order valence-corrected chi connectivity index (χ4v) is 3.84. The Labute approximate surface area is 130 Å². The Kier molecular flexibility index (Phi) is 6.24. The van der Waals surface area contributed by atoms with Crippen molar-refractivity contribution in [3.63, 3.8) is 0 Å². The lowest BCUT2D eigenvalue weighted by Crippen LogP contribution is -2.38. The van der Waals surface area contributed by atoms with Crippen molar-refractivity contribution in [1.29, 1.82) is 0 Å². The molecule has 20 heavy (non-hydrogen) atoms. The van der Waals surface area contributed by atoms with Crippen LogP contribution in [0, 0.1) is 0 Å². The van der Waals surface area contributed by atoms with Gasteiger partial charge in [-0.15, -0.1) is 11.8 Å². The first kappa shape index (κ1) is 15.7. The van der Waals surface area contributed by atoms with E-state index < -0.39 is 0 Å². The van der Waals surface area contributed by atoms with Crippen molar-refractivity contribution < 1.29 is 4.79 Å². The van der Waals surface area contributed by atoms with Crippen molar-refractivity contribution in [2.24, 2.45) is 0 Å². The van der Waals surface area contributed by atoms with Gasteiger partial charge in [-0.05, 0) is 25.0 Å². The maximum absolute atomic E-state index is 12.2. The zero-order valence-electron chi connectivity index (χ0n) is 12.0. The van der Waals surface area contributed by atoms with Crippen LogP contribution in [0.3, 0.4) is 0 Å². The molecule has 1 aliphatic carbocycles. The molecular weight excluding hydrogens is 290 g/mol. The monoisotopic (exact) mass is 311 g/mol. The number of rotatable bonds is 5. The predicted octanol–water partition coefficient (Wildman–Crippen LogP) is 4.61. The molecule has 2 nitrogen and oxygen atoms in total. The molecule has 1 saturated carbocycles. The molecule has 1 aromatic carbocycles. The van der Waals surface area contributed by atoms with Crippen LogP contribution in [-0.4, -0.2) is 29.6 Å². The fourth-order valence-electron chi connectivity index (χ4n) is 2.66. The summed E-state index contributed by atoms with van der Waals surface area (Å²) in [6.07, 6.45) is 6.76. The fraction of sp³-hybridized carbons (Fsp3) is 0.562. The van der Waals surface area contributed by atoms with Crippen LogP contribution < -0.4 is 0 Å². The molecule has 0 bridgehead atoms. The Morgan fingerprint density at radius 3 is 2.70 bits per heavy atom. The zero-order chi connectivity index (χ0) is 14.4. The van der Waals surface area contributed by atoms with Crippen LogP contribution in [0.25, 0.3) is 0 Å². The molecule has 0 spiro atoms. The van der Waals surface area contributed by atoms with E-state index in [1.807, 2.05) is 36.2 Å². The van der Waals surface area contributed by atoms with Gasteiger partial charge >= 0.3 is 0 Å². The van der Waals surface area contributed by atoms with E-state index >= 15 is 0 Å². The van der Waals surface area contributed by atoms with Gasteiger partial charge in [0, 0.05) is 30.2 Å². The molecular formula is C16H22ClNOS. The largest absolute Gasteiger partial charge is 0.343 e. The Morgan fingerprint density at radius 1 is 1.30 bits per heavy atom. The second-order valence-corrected chi connectivity index (χ2v) is 6.87. The molecule has 1 aliphatic rings. The van der Waals surface area contributed by atoms with Gasteiger partial charge in [-0.25, -0.2) is 0 Å². The number of carbonyl (C=O) groups is 1. The topological polar surface area (TPSA) is 20.3 Å². The first-order chi connectivity index (χ1) is 9.68. The Bertz CT molecular complexity index is 446. The maximum Gasteiger partial charge on any atom is 0.223 e. The number of halogens is 1. The second kappa shape index (κ2) is 7.94. The average Bonchev–Trinajstić information content (AvgIpc) is 2.49. The van der Waals surface area contributed by atoms with E-state index in [2.05, 4.69) is 0 Å². The standard InChI is InChI=1S/C16H22ClNOS/c1-18(13-7-3-2-4-8-13)16(19)11-12-20-15-10-6-5-9-14(15)17/h5-6,9-10,13H,2-4,7-8,11-12H2,1H3. The summed E-state index contributed by atoms with van der Waals surface area (Å²) in [6, 6.07) is 8.25. The minimum Gasteiger partial charge on any atom is -0.343 e. The van der Waals surface area contributed by atoms with Crippen LogP contribution >= 0.6 is 23.4 Å². The molecule has 0 radical (unpaired) electrons. The molecule has 1 aromatic rings. The highest BCUT2D eigenvalue weighted by atomic mass is 35.5. The molecule has 2 rings (SSSR count). The quantitative estimate of drug-likeness (QED) is 0.740. The van der Waals surface area contributed by atoms with Gasteiger partial charge in [-0.3, -0.25) is 4.79 Å². The number of amides is 1. The van der Waals surface area contributed by atoms with Crippen LogP contribution in [0.4, 0.5) is 0 Å². The van der Waals surface area contributed by atoms with E-state index in [0.717, 1.165) is 15.7 Å². The Morgan fingerprint density at radius 2 is 2.00 bits per heavy atom. The van der Waals surface area contributed by atoms with Gasteiger partial charge in [0.05, 0.1) is 5.02 Å². The summed E-state index contributed by atoms with van der Waals surface area (Å²) in [6.45, 7) is 0. The summed E-state index contributed by atoms with van der Waals surface area (Å²) in [4.78, 5) is 15.2. The number of nitrogens with zero attached hydrogens (tertiary/aromatic N) is 1. The highest BCUT2D eigenvalue weighted by Crippen LogP contribution is 2.27. The third-order valence-electron chi connectivity index (χ3n) is 3.93. The van der Waals surface area contributed by atoms with Gasteiger partial charge in [0.25, 0.3) is 0 Å². The highest BCUT2D eigenvalue weighted by molar-refractivity contribution is 7.99. The summed E-state index contributed by atoms with van der Waals surface area (Å²) in [5.74, 6) is 1.05. The van der Waals surface area contributed by atoms with E-state index in [1.54, 1.807) is 11.8 Å². The van der Waals surface area contributed by atoms with Crippen LogP contribution in [0.5, 0.6) is 0 Å². The Balaban J connectivity index is 1.76. The maximum atomic E-state index is 12.2. The molecule has 0 atom stereocenters. The van der Waals surface area contributed by atoms with Gasteiger partial charge in [0.2, 0.25) is 5.91 Å². The molecule has 0 unspecified atom stereocenters. The summed E-state index contributed by atoms with van der Waals surface area (Å²) in [5.41, 5.74) is 0. The van der Waals surface area contributed by atoms with Gasteiger partial charge in [-0.1, -0.05) is 43.0 Å². The molecule has 0 heterocycles. The molecule has 4 heteroatoms. The van der Waals surface area contributed by atoms with Crippen molar-refractivity contribution in [2.45, 2.75) is 49.5 Å². The van der Waals surface area contributed by atoms with Crippen molar-refractivity contribution in [2.75, 3.05) is 12.8 Å². The average molecular weight is 312 g/mol. The highest BCUT2D eigenvalue weighted by Gasteiger charge is 2.21. The van der Waals surface area contributed by atoms with E-state index in [-0.39, 0.29) is 5.91 Å². The lowest BCUT2D eigenvalue weighted by atomic mass is 9.94. The van der Waals surface area contributed by atoms with E-state index in [9.17, 15) is 4.79 Å². The van der Waals surface area contributed by atoms with Gasteiger partial charge < -0.3 is 4.90 Å². The minimum atomic E-state index is 0.261. The van der Waals surface area contributed by atoms with Crippen molar-refractivity contribution in [1.82, 2.24) is 4.90 Å². The van der Waals surface area contributed by atoms with Crippen LogP contribution in [0.2, 0.25) is 5.02 Å². The summed E-state index contributed by atoms with van der Waals surface area (Å²) < 4.78 is 0. The zero-order valence-corrected chi connectivity index (χ0v) is 13.6. The molecule has 0 aromatic heterocycles. The summed E-state index contributed by atoms with van der Waals surface area (Å²) in [7, 11) is 1.96. The van der Waals surface area contributed by atoms with E-state index in [4.69, 9.17) is 11.6 Å². The number of thioether (sulfide) groups is 1. The number of hydrogen-bond donors (Lipinski definition) is 0. The van der Waals surface area contributed by atoms with E-state index in [1.165, 1.54) is 32.1 Å². The molecule has 0 saturated heterocycles. The van der Waals surface area contributed by atoms with Crippen LogP contribution in [-0.2, 0) is 4.79 Å². The first-order valence-electron chi connectivity index (χ1n) is 7.31. The second-order valence-electron chi connectivity index (χ2n) is 5.33. The smallest absolute Gasteiger partial charge is 0.223 e. The van der Waals surface area contributed by atoms with Crippen molar-refractivity contribution in [3.8, 4) is 0 Å². The van der Waals surface area contributed by atoms with Crippen LogP contribution in [0.1, 0.15) is 38.5 Å². The molecule has 0 N–H and O–H groups in total. The molecule has 110 valence electrons. The first-order valence-corrected chi connectivity index (χ1v) is 8.68. The molecule has 0 aliphatic heterocycles. The normalized spacial score (nSPS) is 16.1. The molecule has 1 amide bonds. The summed E-state index contributed by atoms with van der Waals surface area (Å²) in [5, 5.41) is 0.769. The number of hydrogen-bond acceptors (Lipinski definition) is 2. The van der Waals surface area contributed by atoms with Gasteiger partial charge in [0.1, 0.15) is 0 Å². The molecule has 1 fully saturated rings. The Hall–Kier alpha value is -0.670. The SMILES string of the molecule is CN(C(=O)CCSc1ccccc1Cl)C1CCCCC1. The third kappa shape index (κ3) is 4.42. The lowest BCUT2D eigenvalue weighted by Gasteiger charge is -2.31. The van der Waals surface area contributed by atoms with Crippen molar-refractivity contribution in [3.05, 3.63) is 29.3 Å². The number of benzene rings is 1. The van der Waals surface area contributed by atoms with Crippen LogP contribution in [0.15, 0.2) is 29.2 Å². The number of carbonyl (C=O) groups excluding carboxylic acids is 1. The predicted molar refractivity (Wildman–Crippen MR) is 86.4 cm³/mol. The minimum absolute atomic E-state index is 0.261. The van der Waals surface area contributed by atoms with Crippen molar-refractivity contribution >= 4 is 29.3 Å². The third-order valence-corrected chi connectivity index (χ3v) is 5.44. The summed E-state index contributed by atoms with van der Waals surface area (Å²) >= 11 is 7.77. The van der Waals surface area contributed by atoms with Gasteiger partial charge in [0.15, 0.2) is 0 Å². The lowest BCUT2D eigenvalue weighted by molar-refractivity contribution is -0.132. The van der Waals surface area contributed by atoms with Gasteiger partial charge in [-0.2, -0.15) is 0 Å². The van der Waals surface area contributed by atoms with E-state index in [0.29, 0.717) is 12.5 Å².